The molecule has 0 amide bonds. The van der Waals surface area contributed by atoms with Gasteiger partial charge in [0.2, 0.25) is 0 Å². The Kier molecular flexibility index (Phi) is 3.03. The van der Waals surface area contributed by atoms with E-state index in [1.165, 1.54) is 0 Å². The fraction of sp³-hybridized carbons (Fsp3) is 0.538. The van der Waals surface area contributed by atoms with Crippen LogP contribution in [0.15, 0.2) is 12.1 Å². The van der Waals surface area contributed by atoms with Gasteiger partial charge in [0.05, 0.1) is 24.4 Å². The van der Waals surface area contributed by atoms with E-state index in [1.807, 2.05) is 0 Å². The van der Waals surface area contributed by atoms with Crippen LogP contribution in [0, 0.1) is 17.5 Å². The molecule has 2 fully saturated rings. The van der Waals surface area contributed by atoms with E-state index < -0.39 is 28.6 Å². The molecule has 3 rings (SSSR count). The van der Waals surface area contributed by atoms with Gasteiger partial charge in [0.15, 0.2) is 0 Å². The maximum absolute atomic E-state index is 13.8. The molecule has 2 aliphatic heterocycles. The molecule has 0 radical (unpaired) electrons. The minimum Gasteiger partial charge on any atom is -0.385 e. The van der Waals surface area contributed by atoms with E-state index in [2.05, 4.69) is 5.32 Å². The molecule has 0 spiro atoms. The van der Waals surface area contributed by atoms with Crippen molar-refractivity contribution in [2.75, 3.05) is 13.2 Å². The number of nitrogens with one attached hydrogen (secondary N) is 1. The molecule has 2 heterocycles. The van der Waals surface area contributed by atoms with E-state index in [1.54, 1.807) is 0 Å². The fourth-order valence-corrected chi connectivity index (χ4v) is 3.11. The van der Waals surface area contributed by atoms with Crippen molar-refractivity contribution in [1.29, 1.82) is 0 Å². The maximum Gasteiger partial charge on any atom is 0.135 e. The Balaban J connectivity index is 2.01. The van der Waals surface area contributed by atoms with Gasteiger partial charge in [-0.3, -0.25) is 0 Å². The Morgan fingerprint density at radius 2 is 1.63 bits per heavy atom. The number of ether oxygens (including phenoxy) is 1. The third-order valence-corrected chi connectivity index (χ3v) is 3.75. The van der Waals surface area contributed by atoms with Crippen molar-refractivity contribution in [3.63, 3.8) is 0 Å². The largest absolute Gasteiger partial charge is 0.385 e. The average Bonchev–Trinajstić information content (AvgIpc) is 2.25. The van der Waals surface area contributed by atoms with Crippen molar-refractivity contribution in [3.8, 4) is 0 Å². The number of hydrogen-bond donors (Lipinski definition) is 2. The van der Waals surface area contributed by atoms with Crippen LogP contribution in [0.25, 0.3) is 0 Å². The molecule has 2 aliphatic rings. The number of fused-ring (bicyclic) bond motifs is 2. The van der Waals surface area contributed by atoms with Crippen LogP contribution in [-0.4, -0.2) is 30.4 Å². The summed E-state index contributed by atoms with van der Waals surface area (Å²) in [7, 11) is 0. The van der Waals surface area contributed by atoms with Gasteiger partial charge in [-0.15, -0.1) is 0 Å². The highest BCUT2D eigenvalue weighted by atomic mass is 19.1. The molecule has 2 bridgehead atoms. The molecular formula is C13H14F3NO2. The van der Waals surface area contributed by atoms with Gasteiger partial charge in [0, 0.05) is 24.2 Å². The molecule has 19 heavy (non-hydrogen) atoms. The summed E-state index contributed by atoms with van der Waals surface area (Å²) in [5.41, 5.74) is -2.06. The smallest absolute Gasteiger partial charge is 0.135 e. The van der Waals surface area contributed by atoms with Gasteiger partial charge in [0.1, 0.15) is 17.5 Å². The Morgan fingerprint density at radius 1 is 1.11 bits per heavy atom. The van der Waals surface area contributed by atoms with Gasteiger partial charge in [0.25, 0.3) is 0 Å². The number of hydrogen-bond acceptors (Lipinski definition) is 3. The second kappa shape index (κ2) is 4.47. The molecule has 1 aromatic rings. The number of aliphatic hydroxyl groups is 1. The molecule has 0 aromatic heterocycles. The predicted octanol–water partition coefficient (Wildman–Crippen LogP) is 1.44. The predicted molar refractivity (Wildman–Crippen MR) is 61.0 cm³/mol. The molecule has 104 valence electrons. The van der Waals surface area contributed by atoms with E-state index in [0.29, 0.717) is 25.3 Å². The van der Waals surface area contributed by atoms with Crippen LogP contribution in [0.3, 0.4) is 0 Å². The minimum atomic E-state index is -1.62. The lowest BCUT2D eigenvalue weighted by Crippen LogP contribution is -2.59. The van der Waals surface area contributed by atoms with Crippen LogP contribution in [0.5, 0.6) is 0 Å². The molecule has 1 aromatic carbocycles. The number of rotatable bonds is 1. The number of piperidine rings is 1. The van der Waals surface area contributed by atoms with Crippen LogP contribution < -0.4 is 5.32 Å². The zero-order chi connectivity index (χ0) is 13.6. The first kappa shape index (κ1) is 12.9. The van der Waals surface area contributed by atoms with Gasteiger partial charge < -0.3 is 15.2 Å². The quantitative estimate of drug-likeness (QED) is 0.813. The molecule has 6 heteroatoms. The Bertz CT molecular complexity index is 474. The number of benzene rings is 1. The minimum absolute atomic E-state index is 0.142. The summed E-state index contributed by atoms with van der Waals surface area (Å²) < 4.78 is 45.9. The molecule has 2 unspecified atom stereocenters. The van der Waals surface area contributed by atoms with Crippen molar-refractivity contribution in [2.45, 2.75) is 30.5 Å². The van der Waals surface area contributed by atoms with Crippen molar-refractivity contribution in [2.24, 2.45) is 0 Å². The van der Waals surface area contributed by atoms with E-state index in [-0.39, 0.29) is 24.9 Å². The molecule has 0 aliphatic carbocycles. The topological polar surface area (TPSA) is 41.5 Å². The summed E-state index contributed by atoms with van der Waals surface area (Å²) in [6.07, 6.45) is 0.284. The lowest BCUT2D eigenvalue weighted by atomic mass is 9.77. The summed E-state index contributed by atoms with van der Waals surface area (Å²) in [6, 6.07) is 0.901. The second-order valence-corrected chi connectivity index (χ2v) is 5.28. The molecule has 2 saturated heterocycles. The summed E-state index contributed by atoms with van der Waals surface area (Å²) in [4.78, 5) is 0. The first-order chi connectivity index (χ1) is 8.98. The fourth-order valence-electron chi connectivity index (χ4n) is 3.11. The third kappa shape index (κ3) is 2.24. The van der Waals surface area contributed by atoms with Crippen molar-refractivity contribution in [3.05, 3.63) is 35.1 Å². The summed E-state index contributed by atoms with van der Waals surface area (Å²) in [5.74, 6) is -3.07. The SMILES string of the molecule is OC1(c2c(F)cc(F)cc2F)CC2COCC(C1)N2. The molecule has 0 saturated carbocycles. The van der Waals surface area contributed by atoms with Crippen molar-refractivity contribution in [1.82, 2.24) is 5.32 Å². The van der Waals surface area contributed by atoms with Crippen LogP contribution in [0.4, 0.5) is 13.2 Å². The highest BCUT2D eigenvalue weighted by molar-refractivity contribution is 5.28. The molecular weight excluding hydrogens is 259 g/mol. The highest BCUT2D eigenvalue weighted by Gasteiger charge is 2.45. The normalized spacial score (nSPS) is 34.3. The maximum atomic E-state index is 13.8. The van der Waals surface area contributed by atoms with E-state index in [0.717, 1.165) is 0 Å². The van der Waals surface area contributed by atoms with E-state index in [4.69, 9.17) is 4.74 Å². The Hall–Kier alpha value is -1.11. The summed E-state index contributed by atoms with van der Waals surface area (Å²) in [5, 5.41) is 13.8. The first-order valence-electron chi connectivity index (χ1n) is 6.19. The van der Waals surface area contributed by atoms with Crippen LogP contribution in [0.2, 0.25) is 0 Å². The third-order valence-electron chi connectivity index (χ3n) is 3.75. The lowest BCUT2D eigenvalue weighted by Gasteiger charge is -2.45. The van der Waals surface area contributed by atoms with Crippen molar-refractivity contribution < 1.29 is 23.0 Å². The van der Waals surface area contributed by atoms with Crippen LogP contribution in [-0.2, 0) is 10.3 Å². The molecule has 2 atom stereocenters. The van der Waals surface area contributed by atoms with Gasteiger partial charge >= 0.3 is 0 Å². The zero-order valence-electron chi connectivity index (χ0n) is 10.1. The van der Waals surface area contributed by atoms with Gasteiger partial charge in [-0.1, -0.05) is 0 Å². The molecule has 3 nitrogen and oxygen atoms in total. The lowest BCUT2D eigenvalue weighted by molar-refractivity contribution is -0.0834. The summed E-state index contributed by atoms with van der Waals surface area (Å²) in [6.45, 7) is 0.784. The Morgan fingerprint density at radius 3 is 2.16 bits per heavy atom. The second-order valence-electron chi connectivity index (χ2n) is 5.28. The number of morpholine rings is 1. The van der Waals surface area contributed by atoms with E-state index in [9.17, 15) is 18.3 Å². The number of halogens is 3. The Labute approximate surface area is 108 Å². The van der Waals surface area contributed by atoms with Gasteiger partial charge in [-0.25, -0.2) is 13.2 Å². The van der Waals surface area contributed by atoms with E-state index >= 15 is 0 Å². The van der Waals surface area contributed by atoms with Crippen LogP contribution >= 0.6 is 0 Å². The van der Waals surface area contributed by atoms with Gasteiger partial charge in [-0.05, 0) is 12.8 Å². The van der Waals surface area contributed by atoms with Gasteiger partial charge in [-0.2, -0.15) is 0 Å². The van der Waals surface area contributed by atoms with Crippen LogP contribution in [0.1, 0.15) is 18.4 Å². The molecule has 2 N–H and O–H groups in total. The standard InChI is InChI=1S/C13H14F3NO2/c14-7-1-10(15)12(11(16)2-7)13(18)3-8-5-19-6-9(4-13)17-8/h1-2,8-9,17-18H,3-6H2. The average molecular weight is 273 g/mol. The van der Waals surface area contributed by atoms with Crippen molar-refractivity contribution >= 4 is 0 Å². The first-order valence-corrected chi connectivity index (χ1v) is 6.19. The summed E-state index contributed by atoms with van der Waals surface area (Å²) >= 11 is 0. The highest BCUT2D eigenvalue weighted by Crippen LogP contribution is 2.39. The monoisotopic (exact) mass is 273 g/mol. The zero-order valence-corrected chi connectivity index (χ0v) is 10.1.